The average Bonchev–Trinajstić information content (AvgIpc) is 3.12. The van der Waals surface area contributed by atoms with Gasteiger partial charge in [-0.15, -0.1) is 0 Å². The first-order chi connectivity index (χ1) is 14.9. The molecule has 3 aromatic rings. The number of aryl methyl sites for hydroxylation is 2. The first-order valence-electron chi connectivity index (χ1n) is 9.56. The van der Waals surface area contributed by atoms with Gasteiger partial charge >= 0.3 is 0 Å². The summed E-state index contributed by atoms with van der Waals surface area (Å²) in [5.41, 5.74) is 2.94. The van der Waals surface area contributed by atoms with Crippen LogP contribution in [-0.2, 0) is 16.0 Å². The topological polar surface area (TPSA) is 128 Å². The van der Waals surface area contributed by atoms with Crippen LogP contribution in [0.2, 0.25) is 0 Å². The molecule has 1 aliphatic heterocycles. The predicted octanol–water partition coefficient (Wildman–Crippen LogP) is 2.99. The third kappa shape index (κ3) is 4.53. The van der Waals surface area contributed by atoms with Crippen molar-refractivity contribution < 1.29 is 19.2 Å². The molecule has 1 aromatic heterocycles. The lowest BCUT2D eigenvalue weighted by Gasteiger charge is -2.17. The summed E-state index contributed by atoms with van der Waals surface area (Å²) in [6.45, 7) is 1.57. The van der Waals surface area contributed by atoms with Crippen molar-refractivity contribution in [2.24, 2.45) is 0 Å². The maximum Gasteiger partial charge on any atom is 0.269 e. The molecule has 0 radical (unpaired) electrons. The van der Waals surface area contributed by atoms with Crippen LogP contribution in [0.5, 0.6) is 5.75 Å². The van der Waals surface area contributed by atoms with Crippen LogP contribution in [0, 0.1) is 17.0 Å². The number of nitrogens with zero attached hydrogens (tertiary/aromatic N) is 3. The van der Waals surface area contributed by atoms with E-state index in [9.17, 15) is 19.7 Å². The van der Waals surface area contributed by atoms with Gasteiger partial charge in [-0.05, 0) is 49.2 Å². The summed E-state index contributed by atoms with van der Waals surface area (Å²) in [5, 5.41) is 20.7. The molecule has 10 nitrogen and oxygen atoms in total. The van der Waals surface area contributed by atoms with Gasteiger partial charge in [0, 0.05) is 30.3 Å². The van der Waals surface area contributed by atoms with E-state index in [1.54, 1.807) is 37.3 Å². The highest BCUT2D eigenvalue weighted by molar-refractivity contribution is 5.94. The summed E-state index contributed by atoms with van der Waals surface area (Å²) in [4.78, 5) is 34.2. The van der Waals surface area contributed by atoms with Crippen molar-refractivity contribution in [3.05, 3.63) is 69.9 Å². The van der Waals surface area contributed by atoms with Crippen LogP contribution in [0.1, 0.15) is 17.7 Å². The largest absolute Gasteiger partial charge is 0.484 e. The Bertz CT molecular complexity index is 1170. The quantitative estimate of drug-likeness (QED) is 0.465. The molecule has 2 amide bonds. The maximum atomic E-state index is 12.4. The van der Waals surface area contributed by atoms with Crippen molar-refractivity contribution in [2.75, 3.05) is 17.2 Å². The molecular weight excluding hydrogens is 402 g/mol. The Morgan fingerprint density at radius 3 is 2.74 bits per heavy atom. The molecule has 0 unspecified atom stereocenters. The molecule has 2 N–H and O–H groups in total. The third-order valence-corrected chi connectivity index (χ3v) is 4.75. The molecule has 0 saturated heterocycles. The zero-order valence-corrected chi connectivity index (χ0v) is 16.6. The number of benzene rings is 2. The van der Waals surface area contributed by atoms with E-state index < -0.39 is 4.92 Å². The number of carbonyl (C=O) groups excluding carboxylic acids is 2. The van der Waals surface area contributed by atoms with Crippen LogP contribution in [0.15, 0.2) is 48.5 Å². The second-order valence-corrected chi connectivity index (χ2v) is 7.06. The normalized spacial score (nSPS) is 12.6. The Balaban J connectivity index is 1.42. The fourth-order valence-electron chi connectivity index (χ4n) is 3.28. The number of aromatic nitrogens is 2. The first-order valence-corrected chi connectivity index (χ1v) is 9.56. The minimum Gasteiger partial charge on any atom is -0.484 e. The Morgan fingerprint density at radius 1 is 1.23 bits per heavy atom. The number of hydrogen-bond acceptors (Lipinski definition) is 6. The van der Waals surface area contributed by atoms with Crippen molar-refractivity contribution in [3.8, 4) is 11.4 Å². The number of non-ortho nitro benzene ring substituents is 1. The molecule has 4 rings (SSSR count). The summed E-state index contributed by atoms with van der Waals surface area (Å²) in [5.74, 6) is 0.563. The van der Waals surface area contributed by atoms with E-state index in [0.717, 1.165) is 11.3 Å². The average molecular weight is 421 g/mol. The van der Waals surface area contributed by atoms with Gasteiger partial charge in [0.25, 0.3) is 11.6 Å². The Hall–Kier alpha value is -4.21. The second-order valence-electron chi connectivity index (χ2n) is 7.06. The molecule has 0 fully saturated rings. The predicted molar refractivity (Wildman–Crippen MR) is 112 cm³/mol. The van der Waals surface area contributed by atoms with Crippen molar-refractivity contribution in [3.63, 3.8) is 0 Å². The van der Waals surface area contributed by atoms with Crippen LogP contribution < -0.4 is 15.4 Å². The van der Waals surface area contributed by atoms with Gasteiger partial charge in [0.05, 0.1) is 16.3 Å². The molecule has 0 spiro atoms. The van der Waals surface area contributed by atoms with E-state index in [1.807, 2.05) is 6.07 Å². The number of fused-ring (bicyclic) bond motifs is 1. The highest BCUT2D eigenvalue weighted by Gasteiger charge is 2.16. The Labute approximate surface area is 177 Å². The van der Waals surface area contributed by atoms with E-state index >= 15 is 0 Å². The summed E-state index contributed by atoms with van der Waals surface area (Å²) >= 11 is 0. The number of hydrogen-bond donors (Lipinski definition) is 2. The molecule has 10 heteroatoms. The minimum absolute atomic E-state index is 0.0135. The maximum absolute atomic E-state index is 12.4. The molecule has 0 saturated carbocycles. The van der Waals surface area contributed by atoms with Gasteiger partial charge in [0.1, 0.15) is 11.6 Å². The summed E-state index contributed by atoms with van der Waals surface area (Å²) in [7, 11) is 0. The van der Waals surface area contributed by atoms with Crippen LogP contribution >= 0.6 is 0 Å². The fourth-order valence-corrected chi connectivity index (χ4v) is 3.28. The Kier molecular flexibility index (Phi) is 5.35. The molecule has 0 atom stereocenters. The lowest BCUT2D eigenvalue weighted by Crippen LogP contribution is -2.22. The number of nitro benzene ring substituents is 1. The molecule has 0 aliphatic carbocycles. The molecule has 2 heterocycles. The zero-order valence-electron chi connectivity index (χ0n) is 16.6. The van der Waals surface area contributed by atoms with Gasteiger partial charge in [-0.25, -0.2) is 4.68 Å². The number of carbonyl (C=O) groups is 2. The highest BCUT2D eigenvalue weighted by Crippen LogP contribution is 2.27. The molecule has 1 aliphatic rings. The van der Waals surface area contributed by atoms with Crippen LogP contribution in [0.25, 0.3) is 5.69 Å². The van der Waals surface area contributed by atoms with Gasteiger partial charge in [0.15, 0.2) is 6.61 Å². The molecule has 0 bridgehead atoms. The van der Waals surface area contributed by atoms with Crippen molar-refractivity contribution in [2.45, 2.75) is 19.8 Å². The summed E-state index contributed by atoms with van der Waals surface area (Å²) in [6.07, 6.45) is 1.04. The van der Waals surface area contributed by atoms with Gasteiger partial charge in [-0.3, -0.25) is 19.7 Å². The SMILES string of the molecule is Cc1cc(NC(=O)COc2ccc3c(c2)CCC(=O)N3)n(-c2ccc([N+](=O)[O-])cc2)n1. The number of rotatable bonds is 6. The molecular formula is C21H19N5O5. The lowest BCUT2D eigenvalue weighted by molar-refractivity contribution is -0.384. The third-order valence-electron chi connectivity index (χ3n) is 4.75. The van der Waals surface area contributed by atoms with Crippen molar-refractivity contribution >= 4 is 29.0 Å². The van der Waals surface area contributed by atoms with Crippen LogP contribution in [0.3, 0.4) is 0 Å². The number of nitro groups is 1. The first kappa shape index (κ1) is 20.1. The van der Waals surface area contributed by atoms with E-state index in [0.29, 0.717) is 35.8 Å². The van der Waals surface area contributed by atoms with Gasteiger partial charge in [0.2, 0.25) is 5.91 Å². The van der Waals surface area contributed by atoms with Crippen LogP contribution in [-0.4, -0.2) is 33.1 Å². The van der Waals surface area contributed by atoms with Gasteiger partial charge in [-0.2, -0.15) is 5.10 Å². The van der Waals surface area contributed by atoms with E-state index in [2.05, 4.69) is 15.7 Å². The number of nitrogens with one attached hydrogen (secondary N) is 2. The highest BCUT2D eigenvalue weighted by atomic mass is 16.6. The van der Waals surface area contributed by atoms with Gasteiger partial charge in [-0.1, -0.05) is 0 Å². The second kappa shape index (κ2) is 8.27. The smallest absolute Gasteiger partial charge is 0.269 e. The summed E-state index contributed by atoms with van der Waals surface area (Å²) < 4.78 is 7.10. The molecule has 31 heavy (non-hydrogen) atoms. The van der Waals surface area contributed by atoms with Crippen LogP contribution in [0.4, 0.5) is 17.2 Å². The summed E-state index contributed by atoms with van der Waals surface area (Å²) in [6, 6.07) is 12.8. The number of amides is 2. The van der Waals surface area contributed by atoms with E-state index in [1.165, 1.54) is 16.8 Å². The zero-order chi connectivity index (χ0) is 22.0. The van der Waals surface area contributed by atoms with E-state index in [4.69, 9.17) is 4.74 Å². The minimum atomic E-state index is -0.479. The molecule has 2 aromatic carbocycles. The van der Waals surface area contributed by atoms with Crippen molar-refractivity contribution in [1.29, 1.82) is 0 Å². The number of anilines is 2. The van der Waals surface area contributed by atoms with Crippen molar-refractivity contribution in [1.82, 2.24) is 9.78 Å². The monoisotopic (exact) mass is 421 g/mol. The molecule has 158 valence electrons. The lowest BCUT2D eigenvalue weighted by atomic mass is 10.0. The fraction of sp³-hybridized carbons (Fsp3) is 0.190. The number of ether oxygens (including phenoxy) is 1. The Morgan fingerprint density at radius 2 is 2.00 bits per heavy atom. The standard InChI is InChI=1S/C21H19N5O5/c1-13-10-19(25(24-13)15-3-5-16(6-4-15)26(29)30)23-21(28)12-31-17-7-8-18-14(11-17)2-9-20(27)22-18/h3-8,10-11H,2,9,12H2,1H3,(H,22,27)(H,23,28). The van der Waals surface area contributed by atoms with Gasteiger partial charge < -0.3 is 15.4 Å². The van der Waals surface area contributed by atoms with E-state index in [-0.39, 0.29) is 24.1 Å².